The van der Waals surface area contributed by atoms with E-state index < -0.39 is 0 Å². The molecule has 0 N–H and O–H groups in total. The monoisotopic (exact) mass is 728 g/mol. The van der Waals surface area contributed by atoms with Crippen molar-refractivity contribution in [3.63, 3.8) is 0 Å². The van der Waals surface area contributed by atoms with Gasteiger partial charge in [0.15, 0.2) is 0 Å². The van der Waals surface area contributed by atoms with Gasteiger partial charge in [0, 0.05) is 11.4 Å². The van der Waals surface area contributed by atoms with Crippen LogP contribution in [0.25, 0.3) is 33.4 Å². The second-order valence-corrected chi connectivity index (χ2v) is 18.6. The second kappa shape index (κ2) is 9.32. The van der Waals surface area contributed by atoms with Gasteiger partial charge in [0.2, 0.25) is 26.9 Å². The minimum absolute atomic E-state index is 0.122. The fourth-order valence-corrected chi connectivity index (χ4v) is 13.6. The van der Waals surface area contributed by atoms with E-state index in [4.69, 9.17) is 0 Å². The molecule has 8 aromatic carbocycles. The zero-order valence-corrected chi connectivity index (χ0v) is 32.8. The van der Waals surface area contributed by atoms with Crippen molar-refractivity contribution in [1.82, 2.24) is 0 Å². The molecule has 0 saturated carbocycles. The van der Waals surface area contributed by atoms with Gasteiger partial charge in [-0.2, -0.15) is 0 Å². The summed E-state index contributed by atoms with van der Waals surface area (Å²) in [6, 6.07) is 48.9. The minimum atomic E-state index is 0.122. The van der Waals surface area contributed by atoms with Crippen LogP contribution in [0.1, 0.15) is 22.3 Å². The van der Waals surface area contributed by atoms with Crippen LogP contribution >= 0.6 is 0 Å². The number of benzene rings is 8. The van der Waals surface area contributed by atoms with E-state index >= 15 is 0 Å². The van der Waals surface area contributed by atoms with Gasteiger partial charge < -0.3 is 9.80 Å². The van der Waals surface area contributed by atoms with Crippen molar-refractivity contribution in [3.8, 4) is 33.4 Å². The van der Waals surface area contributed by atoms with Crippen molar-refractivity contribution in [1.29, 1.82) is 0 Å². The summed E-state index contributed by atoms with van der Waals surface area (Å²) < 4.78 is 0. The average Bonchev–Trinajstić information content (AvgIpc) is 3.86. The lowest BCUT2D eigenvalue weighted by Gasteiger charge is -2.54. The van der Waals surface area contributed by atoms with Gasteiger partial charge in [-0.25, -0.2) is 0 Å². The lowest BCUT2D eigenvalue weighted by Crippen LogP contribution is -2.69. The SMILES string of the molecule is Cc1ccc(B2c3ccc4c5c3N3c6c2ccc2c6N6c7c8c(cc9c7B(c7ccc(C)cc7-9)c7ccc(c3c76)B5c3ccc(C)cc3-4)-c3cc(C)ccc3B28)cc1. The molecule has 6 heteroatoms. The molecule has 8 aliphatic heterocycles. The van der Waals surface area contributed by atoms with Crippen LogP contribution in [0, 0.1) is 27.7 Å². The zero-order valence-electron chi connectivity index (χ0n) is 32.8. The molecule has 0 spiro atoms. The van der Waals surface area contributed by atoms with E-state index in [0.29, 0.717) is 0 Å². The second-order valence-electron chi connectivity index (χ2n) is 18.6. The highest BCUT2D eigenvalue weighted by atomic mass is 15.3. The Morgan fingerprint density at radius 2 is 0.638 bits per heavy atom. The summed E-state index contributed by atoms with van der Waals surface area (Å²) in [5, 5.41) is 0. The summed E-state index contributed by atoms with van der Waals surface area (Å²) in [7, 11) is 0. The molecule has 0 aromatic heterocycles. The van der Waals surface area contributed by atoms with Crippen LogP contribution in [0.3, 0.4) is 0 Å². The van der Waals surface area contributed by atoms with E-state index in [1.165, 1.54) is 155 Å². The Bertz CT molecular complexity index is 3380. The molecule has 0 radical (unpaired) electrons. The molecule has 8 aromatic rings. The summed E-state index contributed by atoms with van der Waals surface area (Å²) in [5.41, 5.74) is 39.8. The first-order valence-corrected chi connectivity index (χ1v) is 21.2. The molecule has 0 fully saturated rings. The summed E-state index contributed by atoms with van der Waals surface area (Å²) in [6.45, 7) is 9.66. The van der Waals surface area contributed by atoms with Crippen molar-refractivity contribution in [2.45, 2.75) is 27.7 Å². The Kier molecular flexibility index (Phi) is 4.79. The number of nitrogens with zero attached hydrogens (tertiary/aromatic N) is 2. The fourth-order valence-electron chi connectivity index (χ4n) is 13.6. The van der Waals surface area contributed by atoms with Gasteiger partial charge in [-0.15, -0.1) is 0 Å². The summed E-state index contributed by atoms with van der Waals surface area (Å²) in [6.07, 6.45) is 0. The predicted molar refractivity (Wildman–Crippen MR) is 250 cm³/mol. The van der Waals surface area contributed by atoms with E-state index in [0.717, 1.165) is 0 Å². The number of hydrogen-bond donors (Lipinski definition) is 0. The Labute approximate surface area is 339 Å². The molecule has 0 bridgehead atoms. The van der Waals surface area contributed by atoms with Gasteiger partial charge in [-0.05, 0) is 111 Å². The highest BCUT2D eigenvalue weighted by Crippen LogP contribution is 2.58. The highest BCUT2D eigenvalue weighted by Gasteiger charge is 2.58. The maximum absolute atomic E-state index is 2.83. The largest absolute Gasteiger partial charge is 0.308 e. The lowest BCUT2D eigenvalue weighted by molar-refractivity contribution is 1.19. The number of aryl methyl sites for hydroxylation is 4. The Hall–Kier alpha value is -6.38. The molecule has 8 heterocycles. The molecular weight excluding hydrogens is 696 g/mol. The van der Waals surface area contributed by atoms with Crippen LogP contribution in [-0.2, 0) is 0 Å². The van der Waals surface area contributed by atoms with E-state index in [1.54, 1.807) is 0 Å². The normalized spacial score (nSPS) is 15.4. The summed E-state index contributed by atoms with van der Waals surface area (Å²) in [5.74, 6) is 0. The molecule has 16 rings (SSSR count). The standard InChI is InChI=1S/C52H32B4N2/c1-25-5-10-29(11-6-25)53-39-16-12-30-31-21-26(2)7-13-36(31)54-41-19-20-43-51-49(41)57(47(39)44(30)54)48-40(53)17-18-42-50(48)58(51)52-45-34(32-22-27(3)8-14-37(32)55(42)45)24-35-33-23-28(4)9-15-38(33)56(43)46(35)52/h5-24H,1-4H3. The quantitative estimate of drug-likeness (QED) is 0.240. The summed E-state index contributed by atoms with van der Waals surface area (Å²) >= 11 is 0. The van der Waals surface area contributed by atoms with Gasteiger partial charge in [0.1, 0.15) is 0 Å². The molecule has 2 nitrogen and oxygen atoms in total. The van der Waals surface area contributed by atoms with Crippen molar-refractivity contribution < 1.29 is 0 Å². The van der Waals surface area contributed by atoms with Crippen LogP contribution in [0.2, 0.25) is 0 Å². The maximum Gasteiger partial charge on any atom is 0.248 e. The van der Waals surface area contributed by atoms with E-state index in [2.05, 4.69) is 159 Å². The molecular formula is C52H32B4N2. The minimum Gasteiger partial charge on any atom is -0.308 e. The van der Waals surface area contributed by atoms with Crippen LogP contribution < -0.4 is 75.4 Å². The number of fused-ring (bicyclic) bond motifs is 12. The Balaban J connectivity index is 1.13. The Morgan fingerprint density at radius 3 is 1.14 bits per heavy atom. The van der Waals surface area contributed by atoms with Gasteiger partial charge in [0.25, 0.3) is 0 Å². The molecule has 0 amide bonds. The van der Waals surface area contributed by atoms with E-state index in [9.17, 15) is 0 Å². The first-order valence-electron chi connectivity index (χ1n) is 21.2. The molecule has 8 aliphatic rings. The van der Waals surface area contributed by atoms with Gasteiger partial charge in [-0.1, -0.05) is 159 Å². The molecule has 0 atom stereocenters. The van der Waals surface area contributed by atoms with Crippen LogP contribution in [0.15, 0.2) is 121 Å². The molecule has 0 saturated heterocycles. The predicted octanol–water partition coefficient (Wildman–Crippen LogP) is 3.43. The Morgan fingerprint density at radius 1 is 0.276 bits per heavy atom. The first-order chi connectivity index (χ1) is 28.4. The van der Waals surface area contributed by atoms with Crippen LogP contribution in [0.5, 0.6) is 0 Å². The first kappa shape index (κ1) is 29.8. The summed E-state index contributed by atoms with van der Waals surface area (Å²) in [4.78, 5) is 5.64. The van der Waals surface area contributed by atoms with Gasteiger partial charge in [-0.3, -0.25) is 0 Å². The van der Waals surface area contributed by atoms with Crippen molar-refractivity contribution >= 4 is 127 Å². The van der Waals surface area contributed by atoms with Crippen LogP contribution in [0.4, 0.5) is 34.1 Å². The third-order valence-corrected chi connectivity index (χ3v) is 15.7. The molecule has 262 valence electrons. The van der Waals surface area contributed by atoms with E-state index in [-0.39, 0.29) is 26.9 Å². The number of rotatable bonds is 1. The van der Waals surface area contributed by atoms with Crippen molar-refractivity contribution in [2.24, 2.45) is 0 Å². The fraction of sp³-hybridized carbons (Fsp3) is 0.0769. The molecule has 0 aliphatic carbocycles. The average molecular weight is 728 g/mol. The lowest BCUT2D eigenvalue weighted by atomic mass is 9.29. The number of hydrogen-bond acceptors (Lipinski definition) is 2. The zero-order chi connectivity index (χ0) is 37.8. The number of anilines is 6. The highest BCUT2D eigenvalue weighted by molar-refractivity contribution is 7.08. The molecule has 0 unspecified atom stereocenters. The third-order valence-electron chi connectivity index (χ3n) is 15.7. The van der Waals surface area contributed by atoms with Crippen molar-refractivity contribution in [3.05, 3.63) is 144 Å². The third kappa shape index (κ3) is 3.00. The smallest absolute Gasteiger partial charge is 0.248 e. The van der Waals surface area contributed by atoms with Crippen molar-refractivity contribution in [2.75, 3.05) is 9.80 Å². The van der Waals surface area contributed by atoms with Gasteiger partial charge in [0.05, 0.1) is 22.7 Å². The van der Waals surface area contributed by atoms with Gasteiger partial charge >= 0.3 is 0 Å². The van der Waals surface area contributed by atoms with Crippen LogP contribution in [-0.4, -0.2) is 26.9 Å². The molecule has 58 heavy (non-hydrogen) atoms. The maximum atomic E-state index is 2.83. The topological polar surface area (TPSA) is 6.48 Å². The van der Waals surface area contributed by atoms with E-state index in [1.807, 2.05) is 0 Å².